The first-order valence-corrected chi connectivity index (χ1v) is 8.23. The first kappa shape index (κ1) is 16.6. The molecule has 0 atom stereocenters. The number of methoxy groups -OCH3 is 2. The van der Waals surface area contributed by atoms with Crippen molar-refractivity contribution in [3.63, 3.8) is 0 Å². The van der Waals surface area contributed by atoms with Crippen molar-refractivity contribution in [1.82, 2.24) is 4.98 Å². The van der Waals surface area contributed by atoms with Crippen molar-refractivity contribution in [2.75, 3.05) is 46.7 Å². The second kappa shape index (κ2) is 8.00. The zero-order valence-electron chi connectivity index (χ0n) is 13.6. The van der Waals surface area contributed by atoms with E-state index < -0.39 is 0 Å². The Hall–Kier alpha value is -1.79. The third kappa shape index (κ3) is 4.35. The first-order valence-electron chi connectivity index (χ1n) is 7.35. The van der Waals surface area contributed by atoms with E-state index in [0.717, 1.165) is 47.4 Å². The highest BCUT2D eigenvalue weighted by atomic mass is 32.1. The number of anilines is 1. The van der Waals surface area contributed by atoms with Crippen LogP contribution in [-0.4, -0.2) is 46.4 Å². The SMILES string of the molecule is COc1ccc(-c2csc(NCCC[NH+](C)C)n2)c(OC)c1. The Bertz CT molecular complexity index is 599. The molecule has 0 unspecified atom stereocenters. The van der Waals surface area contributed by atoms with Crippen LogP contribution in [0.5, 0.6) is 11.5 Å². The number of rotatable bonds is 8. The Labute approximate surface area is 135 Å². The van der Waals surface area contributed by atoms with Crippen LogP contribution < -0.4 is 19.7 Å². The van der Waals surface area contributed by atoms with Crippen molar-refractivity contribution < 1.29 is 14.4 Å². The van der Waals surface area contributed by atoms with Crippen molar-refractivity contribution >= 4 is 16.5 Å². The average Bonchev–Trinajstić information content (AvgIpc) is 2.99. The zero-order valence-corrected chi connectivity index (χ0v) is 14.4. The van der Waals surface area contributed by atoms with Crippen molar-refractivity contribution in [2.24, 2.45) is 0 Å². The average molecular weight is 322 g/mol. The van der Waals surface area contributed by atoms with Gasteiger partial charge in [-0.25, -0.2) is 4.98 Å². The number of aromatic nitrogens is 1. The van der Waals surface area contributed by atoms with Crippen LogP contribution in [0.3, 0.4) is 0 Å². The summed E-state index contributed by atoms with van der Waals surface area (Å²) in [6.45, 7) is 2.09. The molecular formula is C16H24N3O2S+. The summed E-state index contributed by atoms with van der Waals surface area (Å²) in [7, 11) is 7.64. The molecule has 120 valence electrons. The lowest BCUT2D eigenvalue weighted by Crippen LogP contribution is -3.05. The standard InChI is InChI=1S/C16H23N3O2S/c1-19(2)9-5-8-17-16-18-14(11-22-16)13-7-6-12(20-3)10-15(13)21-4/h6-7,10-11H,5,8-9H2,1-4H3,(H,17,18)/p+1. The molecule has 1 aromatic carbocycles. The van der Waals surface area contributed by atoms with Crippen LogP contribution in [0.1, 0.15) is 6.42 Å². The molecule has 0 spiro atoms. The molecule has 0 saturated heterocycles. The summed E-state index contributed by atoms with van der Waals surface area (Å²) >= 11 is 1.62. The minimum absolute atomic E-state index is 0.771. The van der Waals surface area contributed by atoms with Crippen molar-refractivity contribution in [3.8, 4) is 22.8 Å². The minimum atomic E-state index is 0.771. The Morgan fingerprint density at radius 1 is 1.23 bits per heavy atom. The van der Waals surface area contributed by atoms with Gasteiger partial charge in [-0.1, -0.05) is 0 Å². The Kier molecular flexibility index (Phi) is 6.03. The Balaban J connectivity index is 2.04. The van der Waals surface area contributed by atoms with E-state index in [-0.39, 0.29) is 0 Å². The number of ether oxygens (including phenoxy) is 2. The summed E-state index contributed by atoms with van der Waals surface area (Å²) in [5.41, 5.74) is 1.90. The van der Waals surface area contributed by atoms with E-state index in [4.69, 9.17) is 9.47 Å². The Morgan fingerprint density at radius 2 is 2.05 bits per heavy atom. The highest BCUT2D eigenvalue weighted by Gasteiger charge is 2.11. The van der Waals surface area contributed by atoms with E-state index in [9.17, 15) is 0 Å². The topological polar surface area (TPSA) is 47.8 Å². The predicted molar refractivity (Wildman–Crippen MR) is 91.4 cm³/mol. The van der Waals surface area contributed by atoms with Gasteiger partial charge in [-0.3, -0.25) is 0 Å². The highest BCUT2D eigenvalue weighted by Crippen LogP contribution is 2.34. The number of thiazole rings is 1. The van der Waals surface area contributed by atoms with Crippen LogP contribution in [-0.2, 0) is 0 Å². The van der Waals surface area contributed by atoms with Crippen molar-refractivity contribution in [2.45, 2.75) is 6.42 Å². The van der Waals surface area contributed by atoms with Gasteiger partial charge in [0.15, 0.2) is 5.13 Å². The first-order chi connectivity index (χ1) is 10.6. The van der Waals surface area contributed by atoms with Gasteiger partial charge in [0.2, 0.25) is 0 Å². The molecule has 0 radical (unpaired) electrons. The zero-order chi connectivity index (χ0) is 15.9. The largest absolute Gasteiger partial charge is 0.497 e. The maximum atomic E-state index is 5.44. The number of hydrogen-bond donors (Lipinski definition) is 2. The van der Waals surface area contributed by atoms with Crippen molar-refractivity contribution in [1.29, 1.82) is 0 Å². The lowest BCUT2D eigenvalue weighted by Gasteiger charge is -2.08. The molecule has 0 saturated carbocycles. The summed E-state index contributed by atoms with van der Waals surface area (Å²) in [5.74, 6) is 1.55. The van der Waals surface area contributed by atoms with Gasteiger partial charge >= 0.3 is 0 Å². The molecule has 0 fully saturated rings. The van der Waals surface area contributed by atoms with Gasteiger partial charge in [-0.15, -0.1) is 11.3 Å². The molecule has 5 nitrogen and oxygen atoms in total. The molecule has 1 aromatic heterocycles. The molecule has 0 bridgehead atoms. The summed E-state index contributed by atoms with van der Waals surface area (Å²) in [5, 5.41) is 6.37. The quantitative estimate of drug-likeness (QED) is 0.727. The van der Waals surface area contributed by atoms with Crippen molar-refractivity contribution in [3.05, 3.63) is 23.6 Å². The molecule has 2 aromatic rings. The molecule has 0 aliphatic heterocycles. The van der Waals surface area contributed by atoms with Gasteiger partial charge in [0, 0.05) is 30.0 Å². The fourth-order valence-electron chi connectivity index (χ4n) is 2.13. The maximum Gasteiger partial charge on any atom is 0.183 e. The maximum absolute atomic E-state index is 5.44. The van der Waals surface area contributed by atoms with E-state index in [1.54, 1.807) is 25.6 Å². The van der Waals surface area contributed by atoms with Gasteiger partial charge in [0.25, 0.3) is 0 Å². The number of nitrogens with zero attached hydrogens (tertiary/aromatic N) is 1. The number of benzene rings is 1. The molecule has 6 heteroatoms. The minimum Gasteiger partial charge on any atom is -0.497 e. The second-order valence-corrected chi connectivity index (χ2v) is 6.20. The monoisotopic (exact) mass is 322 g/mol. The Morgan fingerprint density at radius 3 is 2.73 bits per heavy atom. The molecule has 2 rings (SSSR count). The van der Waals surface area contributed by atoms with Gasteiger partial charge in [-0.2, -0.15) is 0 Å². The van der Waals surface area contributed by atoms with Crippen LogP contribution in [0, 0.1) is 0 Å². The van der Waals surface area contributed by atoms with E-state index >= 15 is 0 Å². The molecular weight excluding hydrogens is 298 g/mol. The van der Waals surface area contributed by atoms with E-state index in [0.29, 0.717) is 0 Å². The van der Waals surface area contributed by atoms with E-state index in [1.807, 2.05) is 23.6 Å². The molecule has 0 aliphatic carbocycles. The second-order valence-electron chi connectivity index (χ2n) is 5.34. The van der Waals surface area contributed by atoms with Crippen LogP contribution in [0.25, 0.3) is 11.3 Å². The molecule has 0 aliphatic rings. The summed E-state index contributed by atoms with van der Waals surface area (Å²) in [6, 6.07) is 5.78. The van der Waals surface area contributed by atoms with Gasteiger partial charge in [0.05, 0.1) is 40.6 Å². The van der Waals surface area contributed by atoms with Gasteiger partial charge in [-0.05, 0) is 12.1 Å². The predicted octanol–water partition coefficient (Wildman–Crippen LogP) is 1.77. The smallest absolute Gasteiger partial charge is 0.183 e. The fraction of sp³-hybridized carbons (Fsp3) is 0.438. The lowest BCUT2D eigenvalue weighted by molar-refractivity contribution is -0.858. The van der Waals surface area contributed by atoms with Crippen LogP contribution in [0.2, 0.25) is 0 Å². The third-order valence-electron chi connectivity index (χ3n) is 3.32. The molecule has 0 amide bonds. The summed E-state index contributed by atoms with van der Waals surface area (Å²) in [6.07, 6.45) is 1.13. The molecule has 2 N–H and O–H groups in total. The fourth-order valence-corrected chi connectivity index (χ4v) is 2.87. The van der Waals surface area contributed by atoms with Crippen LogP contribution in [0.4, 0.5) is 5.13 Å². The molecule has 22 heavy (non-hydrogen) atoms. The van der Waals surface area contributed by atoms with E-state index in [2.05, 4.69) is 24.4 Å². The third-order valence-corrected chi connectivity index (χ3v) is 4.12. The van der Waals surface area contributed by atoms with Gasteiger partial charge in [0.1, 0.15) is 11.5 Å². The number of quaternary nitrogens is 1. The molecule has 1 heterocycles. The van der Waals surface area contributed by atoms with Gasteiger partial charge < -0.3 is 19.7 Å². The summed E-state index contributed by atoms with van der Waals surface area (Å²) in [4.78, 5) is 6.10. The number of nitrogens with one attached hydrogen (secondary N) is 2. The van der Waals surface area contributed by atoms with Crippen LogP contribution in [0.15, 0.2) is 23.6 Å². The van der Waals surface area contributed by atoms with E-state index in [1.165, 1.54) is 4.90 Å². The normalized spacial score (nSPS) is 10.8. The summed E-state index contributed by atoms with van der Waals surface area (Å²) < 4.78 is 10.7. The highest BCUT2D eigenvalue weighted by molar-refractivity contribution is 7.14. The lowest BCUT2D eigenvalue weighted by atomic mass is 10.1. The number of hydrogen-bond acceptors (Lipinski definition) is 5. The van der Waals surface area contributed by atoms with Crippen LogP contribution >= 0.6 is 11.3 Å².